The first-order chi connectivity index (χ1) is 20.7. The summed E-state index contributed by atoms with van der Waals surface area (Å²) in [6.45, 7) is 6.53. The van der Waals surface area contributed by atoms with E-state index < -0.39 is 22.4 Å². The van der Waals surface area contributed by atoms with Crippen molar-refractivity contribution in [1.82, 2.24) is 14.8 Å². The van der Waals surface area contributed by atoms with E-state index in [1.54, 1.807) is 23.2 Å². The van der Waals surface area contributed by atoms with Crippen LogP contribution in [0.3, 0.4) is 0 Å². The molecule has 234 valence electrons. The normalized spacial score (nSPS) is 23.4. The van der Waals surface area contributed by atoms with Gasteiger partial charge in [0.1, 0.15) is 12.7 Å². The largest absolute Gasteiger partial charge is 0.392 e. The van der Waals surface area contributed by atoms with Gasteiger partial charge in [0.15, 0.2) is 20.7 Å². The Morgan fingerprint density at radius 3 is 2.56 bits per heavy atom. The molecule has 0 unspecified atom stereocenters. The molecule has 1 aromatic heterocycles. The lowest BCUT2D eigenvalue weighted by atomic mass is 10.1. The average molecular weight is 634 g/mol. The predicted molar refractivity (Wildman–Crippen MR) is 162 cm³/mol. The van der Waals surface area contributed by atoms with Crippen molar-refractivity contribution >= 4 is 43.8 Å². The highest BCUT2D eigenvalue weighted by atomic mass is 32.2. The maximum atomic E-state index is 13.5. The van der Waals surface area contributed by atoms with Gasteiger partial charge >= 0.3 is 0 Å². The third-order valence-corrected chi connectivity index (χ3v) is 11.2. The number of piperazine rings is 1. The number of benzene rings is 1. The summed E-state index contributed by atoms with van der Waals surface area (Å²) in [5, 5.41) is 16.4. The van der Waals surface area contributed by atoms with E-state index in [9.17, 15) is 23.1 Å². The lowest BCUT2D eigenvalue weighted by molar-refractivity contribution is -0.138. The molecule has 3 atom stereocenters. The van der Waals surface area contributed by atoms with Crippen molar-refractivity contribution in [2.75, 3.05) is 38.2 Å². The van der Waals surface area contributed by atoms with Crippen molar-refractivity contribution in [2.45, 2.75) is 80.9 Å². The number of thiazole rings is 1. The van der Waals surface area contributed by atoms with Crippen molar-refractivity contribution in [2.24, 2.45) is 5.16 Å². The first kappa shape index (κ1) is 31.5. The van der Waals surface area contributed by atoms with Crippen LogP contribution in [0.1, 0.15) is 56.4 Å². The number of carbonyl (C=O) groups excluding carboxylic acids is 2. The molecule has 2 aliphatic carbocycles. The number of oxime groups is 1. The van der Waals surface area contributed by atoms with E-state index in [4.69, 9.17) is 9.57 Å². The van der Waals surface area contributed by atoms with E-state index in [2.05, 4.69) is 20.4 Å². The number of ether oxygens (including phenoxy) is 1. The standard InChI is InChI=1S/C29H39N5O7S2/c1-3-40-21-6-7-22(14-21)41-32-27(20-4-8-24(9-5-20)43(38,39)25-10-11-25)28(37)31-29-30-15-23(42-29)17-33-12-13-34(19(2)16-33)26(36)18-35/h4-5,8-9,15,19,21-22,25,35H,3,6-7,10-14,16-18H2,1-2H3,(H,30,31,37)/b32-27+/t19-,21+,22+/m0/s1. The number of anilines is 1. The number of nitrogens with zero attached hydrogens (tertiary/aromatic N) is 4. The molecule has 0 bridgehead atoms. The van der Waals surface area contributed by atoms with E-state index in [0.29, 0.717) is 62.7 Å². The smallest absolute Gasteiger partial charge is 0.280 e. The van der Waals surface area contributed by atoms with E-state index in [0.717, 1.165) is 17.7 Å². The molecular formula is C29H39N5O7S2. The number of amides is 2. The van der Waals surface area contributed by atoms with Gasteiger partial charge in [-0.2, -0.15) is 0 Å². The monoisotopic (exact) mass is 633 g/mol. The maximum absolute atomic E-state index is 13.5. The lowest BCUT2D eigenvalue weighted by Crippen LogP contribution is -2.54. The van der Waals surface area contributed by atoms with Gasteiger partial charge in [0, 0.05) is 61.9 Å². The Kier molecular flexibility index (Phi) is 10.1. The lowest BCUT2D eigenvalue weighted by Gasteiger charge is -2.39. The molecule has 3 fully saturated rings. The Labute approximate surface area is 256 Å². The molecule has 0 radical (unpaired) electrons. The zero-order valence-corrected chi connectivity index (χ0v) is 26.1. The van der Waals surface area contributed by atoms with Crippen molar-refractivity contribution in [3.05, 3.63) is 40.9 Å². The Balaban J connectivity index is 1.26. The van der Waals surface area contributed by atoms with E-state index in [1.165, 1.54) is 23.5 Å². The second-order valence-corrected chi connectivity index (χ2v) is 14.6. The molecule has 1 saturated heterocycles. The van der Waals surface area contributed by atoms with Gasteiger partial charge in [-0.05, 0) is 51.7 Å². The molecule has 2 heterocycles. The number of hydrogen-bond donors (Lipinski definition) is 2. The molecule has 3 aliphatic rings. The molecule has 2 aromatic rings. The molecule has 12 nitrogen and oxygen atoms in total. The highest BCUT2D eigenvalue weighted by Crippen LogP contribution is 2.33. The average Bonchev–Trinajstić information content (AvgIpc) is 3.63. The molecule has 0 spiro atoms. The molecule has 43 heavy (non-hydrogen) atoms. The minimum absolute atomic E-state index is 0.0198. The minimum Gasteiger partial charge on any atom is -0.392 e. The fraction of sp³-hybridized carbons (Fsp3) is 0.586. The Morgan fingerprint density at radius 2 is 1.88 bits per heavy atom. The van der Waals surface area contributed by atoms with Crippen LogP contribution in [0.15, 0.2) is 40.5 Å². The topological polar surface area (TPSA) is 151 Å². The molecule has 2 N–H and O–H groups in total. The van der Waals surface area contributed by atoms with E-state index >= 15 is 0 Å². The molecule has 1 aliphatic heterocycles. The summed E-state index contributed by atoms with van der Waals surface area (Å²) < 4.78 is 31.0. The number of rotatable bonds is 12. The van der Waals surface area contributed by atoms with Crippen LogP contribution in [0.2, 0.25) is 0 Å². The van der Waals surface area contributed by atoms with Crippen LogP contribution in [0, 0.1) is 0 Å². The third-order valence-electron chi connectivity index (χ3n) is 7.99. The zero-order valence-electron chi connectivity index (χ0n) is 24.5. The number of aliphatic hydroxyl groups excluding tert-OH is 1. The van der Waals surface area contributed by atoms with Gasteiger partial charge in [-0.25, -0.2) is 13.4 Å². The number of sulfone groups is 1. The SMILES string of the molecule is CCO[C@@H]1CC[C@@H](O/N=C(/C(=O)Nc2ncc(CN3CCN(C(=O)CO)[C@@H](C)C3)s2)c2ccc(S(=O)(=O)C3CC3)cc2)C1. The van der Waals surface area contributed by atoms with Crippen LogP contribution in [0.4, 0.5) is 5.13 Å². The highest BCUT2D eigenvalue weighted by Gasteiger charge is 2.37. The van der Waals surface area contributed by atoms with Gasteiger partial charge in [-0.3, -0.25) is 19.8 Å². The Hall–Kier alpha value is -2.91. The Morgan fingerprint density at radius 1 is 1.14 bits per heavy atom. The van der Waals surface area contributed by atoms with Crippen molar-refractivity contribution in [3.63, 3.8) is 0 Å². The van der Waals surface area contributed by atoms with Gasteiger partial charge in [0.05, 0.1) is 16.2 Å². The number of nitrogens with one attached hydrogen (secondary N) is 1. The first-order valence-electron chi connectivity index (χ1n) is 14.8. The molecule has 5 rings (SSSR count). The first-order valence-corrected chi connectivity index (χ1v) is 17.1. The van der Waals surface area contributed by atoms with Crippen LogP contribution in [0.25, 0.3) is 0 Å². The summed E-state index contributed by atoms with van der Waals surface area (Å²) >= 11 is 1.35. The van der Waals surface area contributed by atoms with Crippen molar-refractivity contribution in [3.8, 4) is 0 Å². The summed E-state index contributed by atoms with van der Waals surface area (Å²) in [6, 6.07) is 6.19. The summed E-state index contributed by atoms with van der Waals surface area (Å²) in [5.74, 6) is -0.777. The van der Waals surface area contributed by atoms with Gasteiger partial charge < -0.3 is 19.6 Å². The third kappa shape index (κ3) is 7.79. The van der Waals surface area contributed by atoms with E-state index in [-0.39, 0.29) is 40.0 Å². The second kappa shape index (κ2) is 13.8. The molecule has 2 amide bonds. The highest BCUT2D eigenvalue weighted by molar-refractivity contribution is 7.92. The number of aliphatic hydroxyl groups is 1. The van der Waals surface area contributed by atoms with Crippen molar-refractivity contribution in [1.29, 1.82) is 0 Å². The summed E-state index contributed by atoms with van der Waals surface area (Å²) in [5.41, 5.74) is 0.471. The van der Waals surface area contributed by atoms with Crippen LogP contribution >= 0.6 is 11.3 Å². The number of carbonyl (C=O) groups is 2. The van der Waals surface area contributed by atoms with Crippen LogP contribution < -0.4 is 5.32 Å². The summed E-state index contributed by atoms with van der Waals surface area (Å²) in [7, 11) is -3.36. The van der Waals surface area contributed by atoms with Crippen LogP contribution in [-0.2, 0) is 35.5 Å². The fourth-order valence-electron chi connectivity index (χ4n) is 5.56. The van der Waals surface area contributed by atoms with Crippen LogP contribution in [-0.4, -0.2) is 102 Å². The second-order valence-electron chi connectivity index (χ2n) is 11.2. The number of hydrogen-bond acceptors (Lipinski definition) is 11. The van der Waals surface area contributed by atoms with E-state index in [1.807, 2.05) is 13.8 Å². The number of aromatic nitrogens is 1. The van der Waals surface area contributed by atoms with Gasteiger partial charge in [0.2, 0.25) is 5.91 Å². The Bertz CT molecular complexity index is 1420. The predicted octanol–water partition coefficient (Wildman–Crippen LogP) is 2.42. The molecule has 14 heteroatoms. The molecule has 2 saturated carbocycles. The maximum Gasteiger partial charge on any atom is 0.280 e. The molecular weight excluding hydrogens is 594 g/mol. The fourth-order valence-corrected chi connectivity index (χ4v) is 8.07. The van der Waals surface area contributed by atoms with Crippen LogP contribution in [0.5, 0.6) is 0 Å². The van der Waals surface area contributed by atoms with Gasteiger partial charge in [0.25, 0.3) is 5.91 Å². The van der Waals surface area contributed by atoms with Gasteiger partial charge in [-0.15, -0.1) is 11.3 Å². The molecule has 1 aromatic carbocycles. The quantitative estimate of drug-likeness (QED) is 0.265. The zero-order chi connectivity index (χ0) is 30.6. The van der Waals surface area contributed by atoms with Gasteiger partial charge in [-0.1, -0.05) is 17.3 Å². The van der Waals surface area contributed by atoms with Crippen molar-refractivity contribution < 1.29 is 32.7 Å². The summed E-state index contributed by atoms with van der Waals surface area (Å²) in [4.78, 5) is 40.7. The minimum atomic E-state index is -3.36. The summed E-state index contributed by atoms with van der Waals surface area (Å²) in [6.07, 6.45) is 5.28.